The van der Waals surface area contributed by atoms with Crippen LogP contribution in [0.5, 0.6) is 0 Å². The second-order valence-corrected chi connectivity index (χ2v) is 9.05. The molecule has 0 aliphatic heterocycles. The van der Waals surface area contributed by atoms with Crippen LogP contribution in [-0.2, 0) is 14.8 Å². The lowest BCUT2D eigenvalue weighted by Gasteiger charge is -2.32. The van der Waals surface area contributed by atoms with E-state index in [1.807, 2.05) is 0 Å². The second kappa shape index (κ2) is 7.51. The number of carbonyl (C=O) groups is 3. The molecule has 1 heterocycles. The Morgan fingerprint density at radius 2 is 1.82 bits per heavy atom. The molecule has 28 heavy (non-hydrogen) atoms. The number of hydrogen-bond acceptors (Lipinski definition) is 6. The molecule has 1 aromatic heterocycles. The van der Waals surface area contributed by atoms with E-state index in [0.29, 0.717) is 0 Å². The van der Waals surface area contributed by atoms with Crippen molar-refractivity contribution < 1.29 is 41.1 Å². The number of hydrogen-bond donors (Lipinski definition) is 2. The van der Waals surface area contributed by atoms with Crippen LogP contribution in [0, 0.1) is 11.3 Å². The second-order valence-electron chi connectivity index (χ2n) is 6.25. The van der Waals surface area contributed by atoms with Crippen LogP contribution < -0.4 is 4.72 Å². The Bertz CT molecular complexity index is 977. The number of aliphatic carboxylic acids is 1. The number of alkyl halides is 3. The van der Waals surface area contributed by atoms with Gasteiger partial charge in [0.2, 0.25) is 10.0 Å². The van der Waals surface area contributed by atoms with Crippen LogP contribution in [0.1, 0.15) is 26.3 Å². The van der Waals surface area contributed by atoms with Crippen molar-refractivity contribution >= 4 is 39.0 Å². The first-order chi connectivity index (χ1) is 12.8. The van der Waals surface area contributed by atoms with Crippen molar-refractivity contribution in [3.8, 4) is 0 Å². The summed E-state index contributed by atoms with van der Waals surface area (Å²) in [7, 11) is -4.34. The SMILES string of the molecule is CC1(CS(=O)(=O)NC(=O)c2ccc(C(=O)C(F)(F)F)s2)C=CC=CC1C(=O)O. The first-order valence-electron chi connectivity index (χ1n) is 7.60. The molecule has 0 aromatic carbocycles. The van der Waals surface area contributed by atoms with Crippen molar-refractivity contribution in [2.75, 3.05) is 5.75 Å². The lowest BCUT2D eigenvalue weighted by atomic mass is 9.76. The molecule has 1 aliphatic rings. The van der Waals surface area contributed by atoms with Gasteiger partial charge >= 0.3 is 12.1 Å². The van der Waals surface area contributed by atoms with Crippen molar-refractivity contribution in [3.05, 3.63) is 46.2 Å². The minimum atomic E-state index is -5.12. The predicted octanol–water partition coefficient (Wildman–Crippen LogP) is 2.39. The molecule has 12 heteroatoms. The van der Waals surface area contributed by atoms with Gasteiger partial charge in [0.15, 0.2) is 0 Å². The summed E-state index contributed by atoms with van der Waals surface area (Å²) in [4.78, 5) is 33.4. The minimum absolute atomic E-state index is 0.202. The van der Waals surface area contributed by atoms with E-state index in [9.17, 15) is 41.1 Å². The Hall–Kier alpha value is -2.47. The fraction of sp³-hybridized carbons (Fsp3) is 0.312. The quantitative estimate of drug-likeness (QED) is 0.660. The third-order valence-electron chi connectivity index (χ3n) is 3.93. The number of amides is 1. The number of ketones is 1. The first kappa shape index (κ1) is 21.8. The molecule has 0 radical (unpaired) electrons. The van der Waals surface area contributed by atoms with Gasteiger partial charge in [-0.3, -0.25) is 14.4 Å². The van der Waals surface area contributed by atoms with Gasteiger partial charge in [-0.2, -0.15) is 13.2 Å². The molecule has 0 spiro atoms. The van der Waals surface area contributed by atoms with Crippen LogP contribution >= 0.6 is 11.3 Å². The van der Waals surface area contributed by atoms with E-state index >= 15 is 0 Å². The van der Waals surface area contributed by atoms with Gasteiger partial charge in [0.25, 0.3) is 11.7 Å². The Labute approximate surface area is 161 Å². The highest BCUT2D eigenvalue weighted by atomic mass is 32.2. The summed E-state index contributed by atoms with van der Waals surface area (Å²) in [6.45, 7) is 1.39. The van der Waals surface area contributed by atoms with E-state index in [2.05, 4.69) is 0 Å². The number of nitrogens with one attached hydrogen (secondary N) is 1. The maximum absolute atomic E-state index is 12.4. The number of carbonyl (C=O) groups excluding carboxylic acids is 2. The van der Waals surface area contributed by atoms with Gasteiger partial charge in [-0.05, 0) is 12.1 Å². The monoisotopic (exact) mass is 437 g/mol. The van der Waals surface area contributed by atoms with Crippen LogP contribution in [-0.4, -0.2) is 43.1 Å². The van der Waals surface area contributed by atoms with Gasteiger partial charge in [-0.15, -0.1) is 11.3 Å². The molecule has 0 fully saturated rings. The van der Waals surface area contributed by atoms with Gasteiger partial charge in [0, 0.05) is 5.41 Å². The van der Waals surface area contributed by atoms with Crippen LogP contribution in [0.2, 0.25) is 0 Å². The van der Waals surface area contributed by atoms with E-state index in [0.717, 1.165) is 12.1 Å². The average molecular weight is 437 g/mol. The molecule has 0 saturated carbocycles. The largest absolute Gasteiger partial charge is 0.481 e. The van der Waals surface area contributed by atoms with Gasteiger partial charge in [-0.1, -0.05) is 31.2 Å². The number of carboxylic acids is 1. The number of allylic oxidation sites excluding steroid dienone is 3. The lowest BCUT2D eigenvalue weighted by molar-refractivity contribution is -0.142. The summed E-state index contributed by atoms with van der Waals surface area (Å²) >= 11 is 0.202. The molecule has 7 nitrogen and oxygen atoms in total. The predicted molar refractivity (Wildman–Crippen MR) is 93.5 cm³/mol. The summed E-state index contributed by atoms with van der Waals surface area (Å²) < 4.78 is 63.6. The highest BCUT2D eigenvalue weighted by Crippen LogP contribution is 2.35. The molecule has 0 saturated heterocycles. The fourth-order valence-electron chi connectivity index (χ4n) is 2.64. The highest BCUT2D eigenvalue weighted by molar-refractivity contribution is 7.90. The van der Waals surface area contributed by atoms with E-state index < -0.39 is 60.7 Å². The Morgan fingerprint density at radius 1 is 1.21 bits per heavy atom. The van der Waals surface area contributed by atoms with Gasteiger partial charge < -0.3 is 5.11 Å². The molecule has 1 aliphatic carbocycles. The zero-order chi connectivity index (χ0) is 21.3. The smallest absolute Gasteiger partial charge is 0.455 e. The number of sulfonamides is 1. The molecular formula is C16H14F3NO6S2. The number of carboxylic acid groups (broad SMARTS) is 1. The maximum Gasteiger partial charge on any atom is 0.455 e. The summed E-state index contributed by atoms with van der Waals surface area (Å²) in [5, 5.41) is 9.26. The standard InChI is InChI=1S/C16H14F3NO6S2/c1-15(7-3-2-4-9(15)14(23)24)8-28(25,26)20-13(22)11-6-5-10(27-11)12(21)16(17,18)19/h2-7,9H,8H2,1H3,(H,20,22)(H,23,24). The van der Waals surface area contributed by atoms with Crippen LogP contribution in [0.25, 0.3) is 0 Å². The number of halogens is 3. The molecule has 152 valence electrons. The molecule has 2 unspecified atom stereocenters. The van der Waals surface area contributed by atoms with Crippen molar-refractivity contribution in [3.63, 3.8) is 0 Å². The van der Waals surface area contributed by atoms with Crippen LogP contribution in [0.15, 0.2) is 36.4 Å². The van der Waals surface area contributed by atoms with E-state index in [-0.39, 0.29) is 11.3 Å². The molecule has 0 bridgehead atoms. The normalized spacial score (nSPS) is 22.1. The Balaban J connectivity index is 2.16. The van der Waals surface area contributed by atoms with Crippen molar-refractivity contribution in [1.82, 2.24) is 4.72 Å². The third-order valence-corrected chi connectivity index (χ3v) is 6.51. The summed E-state index contributed by atoms with van der Waals surface area (Å²) in [5.74, 6) is -6.50. The van der Waals surface area contributed by atoms with E-state index in [4.69, 9.17) is 0 Å². The van der Waals surface area contributed by atoms with Crippen molar-refractivity contribution in [2.24, 2.45) is 11.3 Å². The zero-order valence-electron chi connectivity index (χ0n) is 14.2. The van der Waals surface area contributed by atoms with E-state index in [1.165, 1.54) is 31.2 Å². The van der Waals surface area contributed by atoms with Crippen molar-refractivity contribution in [1.29, 1.82) is 0 Å². The zero-order valence-corrected chi connectivity index (χ0v) is 15.8. The van der Waals surface area contributed by atoms with Gasteiger partial charge in [0.1, 0.15) is 0 Å². The maximum atomic E-state index is 12.4. The number of Topliss-reactive ketones (excluding diaryl/α,β-unsaturated/α-hetero) is 1. The lowest BCUT2D eigenvalue weighted by Crippen LogP contribution is -2.43. The molecule has 2 atom stereocenters. The highest BCUT2D eigenvalue weighted by Gasteiger charge is 2.42. The molecule has 2 N–H and O–H groups in total. The summed E-state index contributed by atoms with van der Waals surface area (Å²) in [6, 6.07) is 1.68. The molecule has 1 amide bonds. The summed E-state index contributed by atoms with van der Waals surface area (Å²) in [6.07, 6.45) is 0.516. The Kier molecular flexibility index (Phi) is 5.85. The molecular weight excluding hydrogens is 423 g/mol. The third kappa shape index (κ3) is 4.87. The number of thiophene rings is 1. The fourth-order valence-corrected chi connectivity index (χ4v) is 5.12. The van der Waals surface area contributed by atoms with Crippen LogP contribution in [0.3, 0.4) is 0 Å². The molecule has 2 rings (SSSR count). The van der Waals surface area contributed by atoms with Gasteiger partial charge in [0.05, 0.1) is 21.4 Å². The van der Waals surface area contributed by atoms with Crippen LogP contribution in [0.4, 0.5) is 13.2 Å². The topological polar surface area (TPSA) is 118 Å². The summed E-state index contributed by atoms with van der Waals surface area (Å²) in [5.41, 5.74) is -1.35. The first-order valence-corrected chi connectivity index (χ1v) is 10.1. The molecule has 1 aromatic rings. The minimum Gasteiger partial charge on any atom is -0.481 e. The van der Waals surface area contributed by atoms with Crippen molar-refractivity contribution in [2.45, 2.75) is 13.1 Å². The Morgan fingerprint density at radius 3 is 2.39 bits per heavy atom. The average Bonchev–Trinajstić information content (AvgIpc) is 3.01. The van der Waals surface area contributed by atoms with Gasteiger partial charge in [-0.25, -0.2) is 13.1 Å². The number of rotatable bonds is 6. The van der Waals surface area contributed by atoms with E-state index in [1.54, 1.807) is 4.72 Å².